The zero-order valence-electron chi connectivity index (χ0n) is 18.6. The van der Waals surface area contributed by atoms with Crippen LogP contribution in [0.4, 0.5) is 0 Å². The Balaban J connectivity index is 1.39. The van der Waals surface area contributed by atoms with Gasteiger partial charge in [0.1, 0.15) is 12.3 Å². The SMILES string of the molecule is COc1ccc(-n2ncc3c2CC(C)(C)CC3NC(=O)Cn2cc3ccccc3n2)cc1. The lowest BCUT2D eigenvalue weighted by molar-refractivity contribution is -0.122. The number of ether oxygens (including phenoxy) is 1. The van der Waals surface area contributed by atoms with Crippen molar-refractivity contribution in [2.24, 2.45) is 5.41 Å². The zero-order valence-corrected chi connectivity index (χ0v) is 18.6. The summed E-state index contributed by atoms with van der Waals surface area (Å²) in [5, 5.41) is 13.4. The number of nitrogens with zero attached hydrogens (tertiary/aromatic N) is 4. The highest BCUT2D eigenvalue weighted by Gasteiger charge is 2.36. The Hall–Kier alpha value is -3.61. The first-order valence-electron chi connectivity index (χ1n) is 10.8. The maximum atomic E-state index is 12.9. The summed E-state index contributed by atoms with van der Waals surface area (Å²) in [7, 11) is 1.66. The van der Waals surface area contributed by atoms with Gasteiger partial charge in [0.05, 0.1) is 36.2 Å². The lowest BCUT2D eigenvalue weighted by atomic mass is 9.74. The molecule has 0 fully saturated rings. The Bertz CT molecular complexity index is 1240. The number of nitrogens with one attached hydrogen (secondary N) is 1. The van der Waals surface area contributed by atoms with Crippen LogP contribution in [0.3, 0.4) is 0 Å². The molecule has 0 saturated carbocycles. The van der Waals surface area contributed by atoms with E-state index in [-0.39, 0.29) is 23.9 Å². The van der Waals surface area contributed by atoms with Gasteiger partial charge in [0.25, 0.3) is 0 Å². The molecule has 2 aromatic heterocycles. The van der Waals surface area contributed by atoms with Crippen molar-refractivity contribution in [1.29, 1.82) is 0 Å². The molecule has 0 aliphatic heterocycles. The standard InChI is InChI=1S/C25H27N5O2/c1-25(2)12-22(27-24(31)16-29-15-17-6-4-5-7-21(17)28-29)20-14-26-30(23(20)13-25)18-8-10-19(32-3)11-9-18/h4-11,14-15,22H,12-13,16H2,1-3H3,(H,27,31). The van der Waals surface area contributed by atoms with Gasteiger partial charge >= 0.3 is 0 Å². The number of carbonyl (C=O) groups is 1. The van der Waals surface area contributed by atoms with Crippen molar-refractivity contribution in [1.82, 2.24) is 24.9 Å². The van der Waals surface area contributed by atoms with Crippen LogP contribution >= 0.6 is 0 Å². The van der Waals surface area contributed by atoms with Crippen LogP contribution in [0.1, 0.15) is 37.6 Å². The van der Waals surface area contributed by atoms with E-state index >= 15 is 0 Å². The van der Waals surface area contributed by atoms with E-state index in [4.69, 9.17) is 4.74 Å². The Morgan fingerprint density at radius 1 is 1.19 bits per heavy atom. The molecule has 0 bridgehead atoms. The molecule has 1 amide bonds. The largest absolute Gasteiger partial charge is 0.497 e. The van der Waals surface area contributed by atoms with Gasteiger partial charge in [-0.2, -0.15) is 10.2 Å². The summed E-state index contributed by atoms with van der Waals surface area (Å²) in [6, 6.07) is 15.7. The maximum Gasteiger partial charge on any atom is 0.242 e. The summed E-state index contributed by atoms with van der Waals surface area (Å²) < 4.78 is 8.96. The van der Waals surface area contributed by atoms with Gasteiger partial charge in [0, 0.05) is 17.1 Å². The van der Waals surface area contributed by atoms with Crippen LogP contribution < -0.4 is 10.1 Å². The van der Waals surface area contributed by atoms with Crippen molar-refractivity contribution in [2.45, 2.75) is 39.3 Å². The molecule has 0 spiro atoms. The van der Waals surface area contributed by atoms with Gasteiger partial charge in [-0.15, -0.1) is 0 Å². The third kappa shape index (κ3) is 3.86. The number of rotatable bonds is 5. The van der Waals surface area contributed by atoms with Crippen molar-refractivity contribution in [3.8, 4) is 11.4 Å². The normalized spacial score (nSPS) is 17.2. The highest BCUT2D eigenvalue weighted by atomic mass is 16.5. The number of carbonyl (C=O) groups excluding carboxylic acids is 1. The molecule has 5 rings (SSSR count). The van der Waals surface area contributed by atoms with Crippen LogP contribution in [0, 0.1) is 5.41 Å². The lowest BCUT2D eigenvalue weighted by Crippen LogP contribution is -2.38. The number of hydrogen-bond acceptors (Lipinski definition) is 4. The number of hydrogen-bond donors (Lipinski definition) is 1. The van der Waals surface area contributed by atoms with Gasteiger partial charge < -0.3 is 10.1 Å². The minimum atomic E-state index is -0.0850. The first-order valence-corrected chi connectivity index (χ1v) is 10.8. The van der Waals surface area contributed by atoms with E-state index in [1.165, 1.54) is 0 Å². The predicted molar refractivity (Wildman–Crippen MR) is 123 cm³/mol. The van der Waals surface area contributed by atoms with E-state index in [2.05, 4.69) is 29.4 Å². The van der Waals surface area contributed by atoms with Crippen LogP contribution in [0.5, 0.6) is 5.75 Å². The average molecular weight is 430 g/mol. The second-order valence-electron chi connectivity index (χ2n) is 9.21. The van der Waals surface area contributed by atoms with Crippen LogP contribution in [0.25, 0.3) is 16.6 Å². The zero-order chi connectivity index (χ0) is 22.3. The number of benzene rings is 2. The molecular formula is C25H27N5O2. The van der Waals surface area contributed by atoms with Gasteiger partial charge in [-0.1, -0.05) is 32.0 Å². The van der Waals surface area contributed by atoms with Gasteiger partial charge in [-0.25, -0.2) is 4.68 Å². The minimum Gasteiger partial charge on any atom is -0.497 e. The molecule has 1 unspecified atom stereocenters. The van der Waals surface area contributed by atoms with Crippen molar-refractivity contribution >= 4 is 16.8 Å². The lowest BCUT2D eigenvalue weighted by Gasteiger charge is -2.36. The number of amides is 1. The molecule has 164 valence electrons. The van der Waals surface area contributed by atoms with E-state index in [0.29, 0.717) is 0 Å². The van der Waals surface area contributed by atoms with Gasteiger partial charge in [-0.05, 0) is 48.6 Å². The minimum absolute atomic E-state index is 0.0373. The fourth-order valence-corrected chi connectivity index (χ4v) is 4.60. The average Bonchev–Trinajstić information content (AvgIpc) is 3.36. The summed E-state index contributed by atoms with van der Waals surface area (Å²) in [6.45, 7) is 4.66. The predicted octanol–water partition coefficient (Wildman–Crippen LogP) is 4.06. The third-order valence-corrected chi connectivity index (χ3v) is 6.10. The monoisotopic (exact) mass is 429 g/mol. The van der Waals surface area contributed by atoms with Crippen molar-refractivity contribution in [2.75, 3.05) is 7.11 Å². The third-order valence-electron chi connectivity index (χ3n) is 6.10. The van der Waals surface area contributed by atoms with E-state index in [0.717, 1.165) is 46.4 Å². The smallest absolute Gasteiger partial charge is 0.242 e. The number of fused-ring (bicyclic) bond motifs is 2. The van der Waals surface area contributed by atoms with E-state index in [1.807, 2.05) is 65.6 Å². The molecular weight excluding hydrogens is 402 g/mol. The highest BCUT2D eigenvalue weighted by Crippen LogP contribution is 2.41. The summed E-state index contributed by atoms with van der Waals surface area (Å²) in [4.78, 5) is 12.9. The second kappa shape index (κ2) is 7.82. The van der Waals surface area contributed by atoms with Gasteiger partial charge in [0.2, 0.25) is 5.91 Å². The fraction of sp³-hybridized carbons (Fsp3) is 0.320. The van der Waals surface area contributed by atoms with Crippen LogP contribution in [-0.4, -0.2) is 32.6 Å². The van der Waals surface area contributed by atoms with Crippen LogP contribution in [-0.2, 0) is 17.8 Å². The molecule has 7 heteroatoms. The molecule has 4 aromatic rings. The quantitative estimate of drug-likeness (QED) is 0.519. The molecule has 2 aromatic carbocycles. The Morgan fingerprint density at radius 2 is 1.97 bits per heavy atom. The van der Waals surface area contributed by atoms with E-state index < -0.39 is 0 Å². The first kappa shape index (κ1) is 20.3. The summed E-state index contributed by atoms with van der Waals surface area (Å²) in [5.74, 6) is 0.759. The summed E-state index contributed by atoms with van der Waals surface area (Å²) >= 11 is 0. The van der Waals surface area contributed by atoms with Gasteiger partial charge in [-0.3, -0.25) is 9.48 Å². The topological polar surface area (TPSA) is 74.0 Å². The molecule has 1 aliphatic carbocycles. The van der Waals surface area contributed by atoms with E-state index in [1.54, 1.807) is 11.8 Å². The maximum absolute atomic E-state index is 12.9. The van der Waals surface area contributed by atoms with Crippen LogP contribution in [0.2, 0.25) is 0 Å². The molecule has 7 nitrogen and oxygen atoms in total. The molecule has 1 N–H and O–H groups in total. The first-order chi connectivity index (χ1) is 15.4. The fourth-order valence-electron chi connectivity index (χ4n) is 4.60. The Kier molecular flexibility index (Phi) is 4.96. The Morgan fingerprint density at radius 3 is 2.72 bits per heavy atom. The molecule has 2 heterocycles. The molecule has 1 atom stereocenters. The van der Waals surface area contributed by atoms with Crippen molar-refractivity contribution in [3.05, 3.63) is 72.2 Å². The Labute approximate surface area is 187 Å². The number of aromatic nitrogens is 4. The summed E-state index contributed by atoms with van der Waals surface area (Å²) in [5.41, 5.74) is 4.14. The van der Waals surface area contributed by atoms with Crippen molar-refractivity contribution in [3.63, 3.8) is 0 Å². The number of methoxy groups -OCH3 is 1. The van der Waals surface area contributed by atoms with Gasteiger partial charge in [0.15, 0.2) is 0 Å². The highest BCUT2D eigenvalue weighted by molar-refractivity contribution is 5.80. The molecule has 1 aliphatic rings. The second-order valence-corrected chi connectivity index (χ2v) is 9.21. The van der Waals surface area contributed by atoms with Crippen molar-refractivity contribution < 1.29 is 9.53 Å². The summed E-state index contributed by atoms with van der Waals surface area (Å²) in [6.07, 6.45) is 5.56. The molecule has 0 radical (unpaired) electrons. The van der Waals surface area contributed by atoms with E-state index in [9.17, 15) is 4.79 Å². The molecule has 0 saturated heterocycles. The molecule has 32 heavy (non-hydrogen) atoms. The van der Waals surface area contributed by atoms with Crippen LogP contribution in [0.15, 0.2) is 60.9 Å².